The number of morpholine rings is 1. The van der Waals surface area contributed by atoms with Crippen molar-refractivity contribution in [2.45, 2.75) is 44.6 Å². The third-order valence-corrected chi connectivity index (χ3v) is 6.92. The molecule has 2 aliphatic rings. The molecule has 0 radical (unpaired) electrons. The Morgan fingerprint density at radius 2 is 2.12 bits per heavy atom. The van der Waals surface area contributed by atoms with Gasteiger partial charge in [0, 0.05) is 43.8 Å². The Balaban J connectivity index is 1.42. The van der Waals surface area contributed by atoms with E-state index in [4.69, 9.17) is 9.84 Å². The summed E-state index contributed by atoms with van der Waals surface area (Å²) >= 11 is 0. The summed E-state index contributed by atoms with van der Waals surface area (Å²) in [6.07, 6.45) is 10.8. The number of nitrogens with one attached hydrogen (secondary N) is 2. The molecule has 4 heterocycles. The van der Waals surface area contributed by atoms with Crippen LogP contribution in [0.15, 0.2) is 24.8 Å². The van der Waals surface area contributed by atoms with E-state index in [0.717, 1.165) is 35.1 Å². The molecule has 1 saturated heterocycles. The maximum Gasteiger partial charge on any atom is 0.224 e. The van der Waals surface area contributed by atoms with Gasteiger partial charge in [-0.1, -0.05) is 12.8 Å². The van der Waals surface area contributed by atoms with E-state index in [1.165, 1.54) is 12.8 Å². The van der Waals surface area contributed by atoms with Crippen molar-refractivity contribution in [1.29, 1.82) is 5.26 Å². The van der Waals surface area contributed by atoms with E-state index in [-0.39, 0.29) is 11.9 Å². The number of aromatic amines is 1. The standard InChI is InChI=1S/C24H30N8O2/c25-8-5-20(17-3-1-2-4-17)32-15-19(22-18-6-9-26-23(18)29-16-28-22)24(30-32)27-10-7-21(33)31-11-13-34-14-12-31/h6,9,15-17,20H,1-5,7,10-14H2,(H,27,30)(H,26,28,29). The molecule has 1 unspecified atom stereocenters. The Kier molecular flexibility index (Phi) is 6.72. The summed E-state index contributed by atoms with van der Waals surface area (Å²) in [6, 6.07) is 4.34. The minimum Gasteiger partial charge on any atom is -0.378 e. The summed E-state index contributed by atoms with van der Waals surface area (Å²) in [5.74, 6) is 1.23. The number of nitriles is 1. The lowest BCUT2D eigenvalue weighted by Crippen LogP contribution is -2.41. The number of ether oxygens (including phenoxy) is 1. The number of anilines is 1. The highest BCUT2D eigenvalue weighted by atomic mass is 16.5. The van der Waals surface area contributed by atoms with Crippen molar-refractivity contribution >= 4 is 22.8 Å². The van der Waals surface area contributed by atoms with Crippen molar-refractivity contribution in [1.82, 2.24) is 29.6 Å². The van der Waals surface area contributed by atoms with Crippen molar-refractivity contribution < 1.29 is 9.53 Å². The average molecular weight is 463 g/mol. The average Bonchev–Trinajstić information content (AvgIpc) is 3.64. The van der Waals surface area contributed by atoms with Gasteiger partial charge < -0.3 is 19.9 Å². The summed E-state index contributed by atoms with van der Waals surface area (Å²) in [5, 5.41) is 18.7. The van der Waals surface area contributed by atoms with E-state index in [1.54, 1.807) is 6.33 Å². The SMILES string of the molecule is N#CCC(C1CCCC1)n1cc(-c2ncnc3[nH]ccc23)c(NCCC(=O)N2CCOCC2)n1. The lowest BCUT2D eigenvalue weighted by molar-refractivity contribution is -0.134. The van der Waals surface area contributed by atoms with Gasteiger partial charge in [0.2, 0.25) is 5.91 Å². The Bertz CT molecular complexity index is 1170. The molecule has 3 aromatic heterocycles. The van der Waals surface area contributed by atoms with Crippen LogP contribution in [0.4, 0.5) is 5.82 Å². The lowest BCUT2D eigenvalue weighted by Gasteiger charge is -2.26. The molecule has 2 N–H and O–H groups in total. The van der Waals surface area contributed by atoms with E-state index in [9.17, 15) is 10.1 Å². The number of rotatable bonds is 8. The molecule has 1 aliphatic carbocycles. The number of H-pyrrole nitrogens is 1. The zero-order valence-corrected chi connectivity index (χ0v) is 19.2. The van der Waals surface area contributed by atoms with Crippen molar-refractivity contribution in [2.75, 3.05) is 38.2 Å². The van der Waals surface area contributed by atoms with Crippen LogP contribution in [-0.2, 0) is 9.53 Å². The number of carbonyl (C=O) groups is 1. The van der Waals surface area contributed by atoms with Crippen LogP contribution in [0.2, 0.25) is 0 Å². The van der Waals surface area contributed by atoms with E-state index in [0.29, 0.717) is 57.4 Å². The summed E-state index contributed by atoms with van der Waals surface area (Å²) in [6.45, 7) is 2.93. The fourth-order valence-corrected chi connectivity index (χ4v) is 5.12. The highest BCUT2D eigenvalue weighted by molar-refractivity contribution is 5.93. The predicted molar refractivity (Wildman–Crippen MR) is 127 cm³/mol. The minimum atomic E-state index is 0.0281. The normalized spacial score (nSPS) is 17.7. The molecule has 1 aliphatic heterocycles. The van der Waals surface area contributed by atoms with Crippen LogP contribution in [0.1, 0.15) is 44.6 Å². The molecule has 0 spiro atoms. The summed E-state index contributed by atoms with van der Waals surface area (Å²) < 4.78 is 7.29. The van der Waals surface area contributed by atoms with Crippen LogP contribution >= 0.6 is 0 Å². The molecule has 1 amide bonds. The predicted octanol–water partition coefficient (Wildman–Crippen LogP) is 3.13. The number of hydrogen-bond donors (Lipinski definition) is 2. The number of aromatic nitrogens is 5. The van der Waals surface area contributed by atoms with E-state index < -0.39 is 0 Å². The molecule has 0 aromatic carbocycles. The first kappa shape index (κ1) is 22.3. The molecule has 1 saturated carbocycles. The van der Waals surface area contributed by atoms with Gasteiger partial charge in [-0.3, -0.25) is 9.48 Å². The smallest absolute Gasteiger partial charge is 0.224 e. The zero-order chi connectivity index (χ0) is 23.3. The molecule has 0 bridgehead atoms. The van der Waals surface area contributed by atoms with Gasteiger partial charge in [0.05, 0.1) is 43.0 Å². The fraction of sp³-hybridized carbons (Fsp3) is 0.542. The molecule has 5 rings (SSSR count). The summed E-state index contributed by atoms with van der Waals surface area (Å²) in [4.78, 5) is 26.5. The summed E-state index contributed by atoms with van der Waals surface area (Å²) in [5.41, 5.74) is 2.39. The molecular weight excluding hydrogens is 432 g/mol. The molecule has 10 nitrogen and oxygen atoms in total. The maximum absolute atomic E-state index is 12.6. The van der Waals surface area contributed by atoms with Gasteiger partial charge in [0.1, 0.15) is 12.0 Å². The van der Waals surface area contributed by atoms with Gasteiger partial charge >= 0.3 is 0 Å². The van der Waals surface area contributed by atoms with Crippen molar-refractivity contribution in [3.63, 3.8) is 0 Å². The van der Waals surface area contributed by atoms with E-state index >= 15 is 0 Å². The Labute approximate surface area is 198 Å². The number of amides is 1. The van der Waals surface area contributed by atoms with Crippen LogP contribution in [-0.4, -0.2) is 68.4 Å². The highest BCUT2D eigenvalue weighted by Gasteiger charge is 2.29. The Hall–Kier alpha value is -3.45. The third-order valence-electron chi connectivity index (χ3n) is 6.92. The number of nitrogens with zero attached hydrogens (tertiary/aromatic N) is 6. The second kappa shape index (κ2) is 10.2. The first-order valence-electron chi connectivity index (χ1n) is 12.1. The van der Waals surface area contributed by atoms with Crippen molar-refractivity contribution in [3.8, 4) is 17.3 Å². The highest BCUT2D eigenvalue weighted by Crippen LogP contribution is 2.38. The Morgan fingerprint density at radius 3 is 2.91 bits per heavy atom. The van der Waals surface area contributed by atoms with Crippen molar-refractivity contribution in [2.24, 2.45) is 5.92 Å². The van der Waals surface area contributed by atoms with Crippen LogP contribution in [0.25, 0.3) is 22.3 Å². The number of carbonyl (C=O) groups excluding carboxylic acids is 1. The molecule has 3 aromatic rings. The van der Waals surface area contributed by atoms with Gasteiger partial charge in [0.15, 0.2) is 5.82 Å². The monoisotopic (exact) mass is 462 g/mol. The molecule has 2 fully saturated rings. The van der Waals surface area contributed by atoms with E-state index in [2.05, 4.69) is 26.3 Å². The van der Waals surface area contributed by atoms with Crippen LogP contribution in [0, 0.1) is 17.2 Å². The maximum atomic E-state index is 12.6. The molecular formula is C24H30N8O2. The van der Waals surface area contributed by atoms with E-state index in [1.807, 2.05) is 28.0 Å². The molecule has 178 valence electrons. The lowest BCUT2D eigenvalue weighted by atomic mass is 9.96. The quantitative estimate of drug-likeness (QED) is 0.527. The topological polar surface area (TPSA) is 125 Å². The van der Waals surface area contributed by atoms with Gasteiger partial charge in [-0.05, 0) is 24.8 Å². The van der Waals surface area contributed by atoms with Gasteiger partial charge in [0.25, 0.3) is 0 Å². The molecule has 10 heteroatoms. The minimum absolute atomic E-state index is 0.0281. The van der Waals surface area contributed by atoms with Crippen LogP contribution < -0.4 is 5.32 Å². The number of hydrogen-bond acceptors (Lipinski definition) is 7. The van der Waals surface area contributed by atoms with Gasteiger partial charge in [-0.2, -0.15) is 10.4 Å². The fourth-order valence-electron chi connectivity index (χ4n) is 5.12. The summed E-state index contributed by atoms with van der Waals surface area (Å²) in [7, 11) is 0. The van der Waals surface area contributed by atoms with Crippen LogP contribution in [0.5, 0.6) is 0 Å². The Morgan fingerprint density at radius 1 is 1.29 bits per heavy atom. The number of fused-ring (bicyclic) bond motifs is 1. The first-order valence-corrected chi connectivity index (χ1v) is 12.1. The first-order chi connectivity index (χ1) is 16.7. The van der Waals surface area contributed by atoms with Crippen molar-refractivity contribution in [3.05, 3.63) is 24.8 Å². The van der Waals surface area contributed by atoms with Crippen LogP contribution in [0.3, 0.4) is 0 Å². The second-order valence-corrected chi connectivity index (χ2v) is 8.98. The third kappa shape index (κ3) is 4.61. The molecule has 1 atom stereocenters. The van der Waals surface area contributed by atoms with Gasteiger partial charge in [-0.25, -0.2) is 9.97 Å². The largest absolute Gasteiger partial charge is 0.378 e. The van der Waals surface area contributed by atoms with Gasteiger partial charge in [-0.15, -0.1) is 0 Å². The zero-order valence-electron chi connectivity index (χ0n) is 19.2. The second-order valence-electron chi connectivity index (χ2n) is 8.98. The molecule has 34 heavy (non-hydrogen) atoms.